The lowest BCUT2D eigenvalue weighted by Gasteiger charge is -2.31. The Kier molecular flexibility index (Phi) is 7.30. The van der Waals surface area contributed by atoms with Crippen molar-refractivity contribution in [2.45, 2.75) is 20.3 Å². The molecule has 6 nitrogen and oxygen atoms in total. The minimum absolute atomic E-state index is 0.0621. The number of hydrogen-bond donors (Lipinski definition) is 1. The summed E-state index contributed by atoms with van der Waals surface area (Å²) in [4.78, 5) is 14.7. The Morgan fingerprint density at radius 1 is 1.10 bits per heavy atom. The number of morpholine rings is 1. The van der Waals surface area contributed by atoms with Gasteiger partial charge in [0.1, 0.15) is 17.3 Å². The molecule has 1 fully saturated rings. The first-order valence-corrected chi connectivity index (χ1v) is 9.92. The maximum absolute atomic E-state index is 13.9. The minimum atomic E-state index is -0.398. The van der Waals surface area contributed by atoms with Gasteiger partial charge < -0.3 is 24.4 Å². The van der Waals surface area contributed by atoms with E-state index in [9.17, 15) is 9.18 Å². The Balaban J connectivity index is 1.86. The second-order valence-electron chi connectivity index (χ2n) is 6.60. The molecule has 0 aromatic heterocycles. The van der Waals surface area contributed by atoms with E-state index in [4.69, 9.17) is 14.2 Å². The lowest BCUT2D eigenvalue weighted by Crippen LogP contribution is -2.36. The van der Waals surface area contributed by atoms with Crippen molar-refractivity contribution < 1.29 is 23.4 Å². The molecule has 0 radical (unpaired) electrons. The Hall–Kier alpha value is -2.80. The van der Waals surface area contributed by atoms with Crippen LogP contribution in [0.25, 0.3) is 0 Å². The largest absolute Gasteiger partial charge is 0.492 e. The molecule has 1 N–H and O–H groups in total. The highest BCUT2D eigenvalue weighted by Crippen LogP contribution is 2.39. The first-order valence-electron chi connectivity index (χ1n) is 9.92. The summed E-state index contributed by atoms with van der Waals surface area (Å²) in [5, 5.41) is 2.85. The van der Waals surface area contributed by atoms with Gasteiger partial charge in [0.25, 0.3) is 0 Å². The molecule has 3 rings (SSSR count). The van der Waals surface area contributed by atoms with Crippen LogP contribution in [-0.2, 0) is 16.0 Å². The highest BCUT2D eigenvalue weighted by molar-refractivity contribution is 5.94. The van der Waals surface area contributed by atoms with Crippen LogP contribution in [0.1, 0.15) is 19.4 Å². The van der Waals surface area contributed by atoms with Crippen LogP contribution in [0.5, 0.6) is 11.5 Å². The van der Waals surface area contributed by atoms with Crippen molar-refractivity contribution in [2.24, 2.45) is 0 Å². The van der Waals surface area contributed by atoms with Crippen molar-refractivity contribution in [3.63, 3.8) is 0 Å². The van der Waals surface area contributed by atoms with E-state index in [-0.39, 0.29) is 12.3 Å². The van der Waals surface area contributed by atoms with E-state index in [0.29, 0.717) is 49.2 Å². The van der Waals surface area contributed by atoms with Crippen LogP contribution < -0.4 is 19.7 Å². The quantitative estimate of drug-likeness (QED) is 0.731. The van der Waals surface area contributed by atoms with Gasteiger partial charge in [0.2, 0.25) is 5.91 Å². The highest BCUT2D eigenvalue weighted by Gasteiger charge is 2.20. The Morgan fingerprint density at radius 2 is 1.79 bits per heavy atom. The van der Waals surface area contributed by atoms with Gasteiger partial charge >= 0.3 is 0 Å². The number of hydrogen-bond acceptors (Lipinski definition) is 5. The van der Waals surface area contributed by atoms with Crippen molar-refractivity contribution in [3.8, 4) is 11.5 Å². The lowest BCUT2D eigenvalue weighted by molar-refractivity contribution is -0.115. The molecule has 0 aliphatic carbocycles. The van der Waals surface area contributed by atoms with E-state index in [1.54, 1.807) is 24.3 Å². The van der Waals surface area contributed by atoms with Gasteiger partial charge in [-0.3, -0.25) is 4.79 Å². The molecular formula is C22H27FN2O4. The zero-order chi connectivity index (χ0) is 20.6. The van der Waals surface area contributed by atoms with E-state index >= 15 is 0 Å². The van der Waals surface area contributed by atoms with Crippen LogP contribution in [0.2, 0.25) is 0 Å². The number of rotatable bonds is 8. The van der Waals surface area contributed by atoms with Gasteiger partial charge in [-0.1, -0.05) is 18.2 Å². The van der Waals surface area contributed by atoms with Crippen molar-refractivity contribution in [3.05, 3.63) is 47.8 Å². The molecule has 156 valence electrons. The van der Waals surface area contributed by atoms with Gasteiger partial charge in [-0.05, 0) is 25.5 Å². The van der Waals surface area contributed by atoms with E-state index in [1.807, 2.05) is 19.9 Å². The summed E-state index contributed by atoms with van der Waals surface area (Å²) in [5.74, 6) is 0.501. The van der Waals surface area contributed by atoms with Gasteiger partial charge in [0.05, 0.1) is 44.2 Å². The molecule has 1 saturated heterocycles. The fraction of sp³-hybridized carbons (Fsp3) is 0.409. The zero-order valence-corrected chi connectivity index (χ0v) is 16.9. The van der Waals surface area contributed by atoms with E-state index < -0.39 is 5.82 Å². The number of nitrogens with zero attached hydrogens (tertiary/aromatic N) is 1. The number of ether oxygens (including phenoxy) is 3. The average molecular weight is 402 g/mol. The SMILES string of the molecule is CCOc1cc(N2CCOCC2)c(OCC)cc1NC(=O)Cc1ccccc1F. The maximum Gasteiger partial charge on any atom is 0.229 e. The molecule has 1 amide bonds. The van der Waals surface area contributed by atoms with Crippen molar-refractivity contribution in [2.75, 3.05) is 49.7 Å². The third-order valence-electron chi connectivity index (χ3n) is 4.60. The van der Waals surface area contributed by atoms with E-state index in [0.717, 1.165) is 18.8 Å². The molecule has 7 heteroatoms. The van der Waals surface area contributed by atoms with Crippen LogP contribution in [-0.4, -0.2) is 45.4 Å². The first kappa shape index (κ1) is 20.9. The fourth-order valence-electron chi connectivity index (χ4n) is 3.25. The number of benzene rings is 2. The van der Waals surface area contributed by atoms with Gasteiger partial charge in [0, 0.05) is 25.2 Å². The summed E-state index contributed by atoms with van der Waals surface area (Å²) >= 11 is 0. The van der Waals surface area contributed by atoms with Crippen LogP contribution in [0.3, 0.4) is 0 Å². The normalized spacial score (nSPS) is 13.8. The molecule has 1 aliphatic rings. The Labute approximate surface area is 170 Å². The molecule has 29 heavy (non-hydrogen) atoms. The summed E-state index contributed by atoms with van der Waals surface area (Å²) in [7, 11) is 0. The second-order valence-corrected chi connectivity index (χ2v) is 6.60. The third-order valence-corrected chi connectivity index (χ3v) is 4.60. The molecule has 2 aromatic carbocycles. The lowest BCUT2D eigenvalue weighted by atomic mass is 10.1. The molecular weight excluding hydrogens is 375 g/mol. The number of carbonyl (C=O) groups excluding carboxylic acids is 1. The predicted octanol–water partition coefficient (Wildman–Crippen LogP) is 3.64. The third kappa shape index (κ3) is 5.38. The van der Waals surface area contributed by atoms with Gasteiger partial charge in [-0.15, -0.1) is 0 Å². The van der Waals surface area contributed by atoms with E-state index in [2.05, 4.69) is 10.2 Å². The van der Waals surface area contributed by atoms with Crippen LogP contribution in [0.15, 0.2) is 36.4 Å². The Bertz CT molecular complexity index is 838. The fourth-order valence-corrected chi connectivity index (χ4v) is 3.25. The average Bonchev–Trinajstić information content (AvgIpc) is 2.72. The number of carbonyl (C=O) groups is 1. The maximum atomic E-state index is 13.9. The molecule has 1 aliphatic heterocycles. The second kappa shape index (κ2) is 10.1. The number of anilines is 2. The molecule has 0 atom stereocenters. The van der Waals surface area contributed by atoms with Crippen LogP contribution in [0.4, 0.5) is 15.8 Å². The summed E-state index contributed by atoms with van der Waals surface area (Å²) in [5.41, 5.74) is 1.76. The molecule has 0 bridgehead atoms. The molecule has 0 unspecified atom stereocenters. The molecule has 0 saturated carbocycles. The van der Waals surface area contributed by atoms with Gasteiger partial charge in [-0.2, -0.15) is 0 Å². The number of nitrogens with one attached hydrogen (secondary N) is 1. The van der Waals surface area contributed by atoms with Crippen molar-refractivity contribution >= 4 is 17.3 Å². The predicted molar refractivity (Wildman–Crippen MR) is 111 cm³/mol. The standard InChI is InChI=1S/C22H27FN2O4/c1-3-28-20-15-19(25-9-11-27-12-10-25)21(29-4-2)14-18(20)24-22(26)13-16-7-5-6-8-17(16)23/h5-8,14-15H,3-4,9-13H2,1-2H3,(H,24,26). The first-order chi connectivity index (χ1) is 14.1. The van der Waals surface area contributed by atoms with Crippen LogP contribution >= 0.6 is 0 Å². The minimum Gasteiger partial charge on any atom is -0.492 e. The topological polar surface area (TPSA) is 60.0 Å². The smallest absolute Gasteiger partial charge is 0.229 e. The summed E-state index contributed by atoms with van der Waals surface area (Å²) < 4.78 is 30.9. The molecule has 2 aromatic rings. The number of amides is 1. The Morgan fingerprint density at radius 3 is 2.48 bits per heavy atom. The molecule has 1 heterocycles. The molecule has 0 spiro atoms. The van der Waals surface area contributed by atoms with Crippen molar-refractivity contribution in [1.29, 1.82) is 0 Å². The summed E-state index contributed by atoms with van der Waals surface area (Å²) in [6, 6.07) is 9.92. The number of halogens is 1. The summed E-state index contributed by atoms with van der Waals surface area (Å²) in [6.07, 6.45) is -0.0621. The van der Waals surface area contributed by atoms with Crippen LogP contribution in [0, 0.1) is 5.82 Å². The van der Waals surface area contributed by atoms with Crippen molar-refractivity contribution in [1.82, 2.24) is 0 Å². The highest BCUT2D eigenvalue weighted by atomic mass is 19.1. The summed E-state index contributed by atoms with van der Waals surface area (Å²) in [6.45, 7) is 7.55. The monoisotopic (exact) mass is 402 g/mol. The van der Waals surface area contributed by atoms with E-state index in [1.165, 1.54) is 6.07 Å². The van der Waals surface area contributed by atoms with Gasteiger partial charge in [-0.25, -0.2) is 4.39 Å². The van der Waals surface area contributed by atoms with Gasteiger partial charge in [0.15, 0.2) is 0 Å². The zero-order valence-electron chi connectivity index (χ0n) is 16.9.